The third kappa shape index (κ3) is 3.58. The molecule has 1 aromatic rings. The Morgan fingerprint density at radius 1 is 1.25 bits per heavy atom. The predicted molar refractivity (Wildman–Crippen MR) is 65.4 cm³/mol. The van der Waals surface area contributed by atoms with Crippen LogP contribution in [0.3, 0.4) is 0 Å². The van der Waals surface area contributed by atoms with Crippen LogP contribution < -0.4 is 4.74 Å². The quantitative estimate of drug-likeness (QED) is 0.776. The highest BCUT2D eigenvalue weighted by Gasteiger charge is 2.13. The fourth-order valence-electron chi connectivity index (χ4n) is 1.31. The highest BCUT2D eigenvalue weighted by molar-refractivity contribution is 5.31. The smallest absolute Gasteiger partial charge is 0.119 e. The highest BCUT2D eigenvalue weighted by atomic mass is 16.5. The minimum atomic E-state index is -0.0673. The molecule has 2 nitrogen and oxygen atoms in total. The summed E-state index contributed by atoms with van der Waals surface area (Å²) in [6.07, 6.45) is 0. The van der Waals surface area contributed by atoms with E-state index in [-0.39, 0.29) is 11.3 Å². The maximum absolute atomic E-state index is 8.63. The van der Waals surface area contributed by atoms with Crippen molar-refractivity contribution in [1.82, 2.24) is 0 Å². The van der Waals surface area contributed by atoms with Crippen LogP contribution in [0.25, 0.3) is 0 Å². The molecule has 1 atom stereocenters. The van der Waals surface area contributed by atoms with Gasteiger partial charge in [0.1, 0.15) is 12.4 Å². The first-order chi connectivity index (χ1) is 7.43. The van der Waals surface area contributed by atoms with Crippen molar-refractivity contribution in [2.45, 2.75) is 33.1 Å². The average Bonchev–Trinajstić information content (AvgIpc) is 2.25. The Balaban J connectivity index is 2.63. The molecule has 0 saturated carbocycles. The first kappa shape index (κ1) is 12.6. The second-order valence-electron chi connectivity index (χ2n) is 5.12. The molecule has 0 heterocycles. The van der Waals surface area contributed by atoms with Crippen molar-refractivity contribution >= 4 is 0 Å². The van der Waals surface area contributed by atoms with E-state index in [4.69, 9.17) is 10.00 Å². The van der Waals surface area contributed by atoms with Gasteiger partial charge in [0.2, 0.25) is 0 Å². The lowest BCUT2D eigenvalue weighted by Crippen LogP contribution is -2.11. The van der Waals surface area contributed by atoms with Gasteiger partial charge < -0.3 is 4.74 Å². The van der Waals surface area contributed by atoms with Crippen LogP contribution >= 0.6 is 0 Å². The van der Waals surface area contributed by atoms with Gasteiger partial charge in [0.15, 0.2) is 0 Å². The van der Waals surface area contributed by atoms with Crippen LogP contribution in [-0.2, 0) is 5.41 Å². The second-order valence-corrected chi connectivity index (χ2v) is 5.12. The molecule has 0 fully saturated rings. The Bertz CT molecular complexity index is 367. The number of hydrogen-bond acceptors (Lipinski definition) is 2. The van der Waals surface area contributed by atoms with Gasteiger partial charge in [0.05, 0.1) is 12.0 Å². The molecular weight excluding hydrogens is 198 g/mol. The summed E-state index contributed by atoms with van der Waals surface area (Å²) in [6.45, 7) is 8.84. The molecule has 0 radical (unpaired) electrons. The first-order valence-electron chi connectivity index (χ1n) is 5.56. The minimum Gasteiger partial charge on any atom is -0.492 e. The molecule has 0 aromatic heterocycles. The van der Waals surface area contributed by atoms with Gasteiger partial charge in [0.25, 0.3) is 0 Å². The standard InChI is InChI=1S/C14H19NO/c1-11(9-15)10-16-13-7-5-12(6-8-13)14(2,3)4/h5-8,11H,10H2,1-4H3. The molecule has 0 amide bonds. The zero-order valence-electron chi connectivity index (χ0n) is 10.4. The van der Waals surface area contributed by atoms with E-state index >= 15 is 0 Å². The molecule has 1 unspecified atom stereocenters. The Kier molecular flexibility index (Phi) is 3.95. The topological polar surface area (TPSA) is 33.0 Å². The molecule has 2 heteroatoms. The SMILES string of the molecule is CC(C#N)COc1ccc(C(C)(C)C)cc1. The number of nitrogens with zero attached hydrogens (tertiary/aromatic N) is 1. The van der Waals surface area contributed by atoms with Crippen LogP contribution in [0.2, 0.25) is 0 Å². The van der Waals surface area contributed by atoms with Gasteiger partial charge in [-0.15, -0.1) is 0 Å². The van der Waals surface area contributed by atoms with Crippen molar-refractivity contribution < 1.29 is 4.74 Å². The molecule has 0 aliphatic rings. The van der Waals surface area contributed by atoms with E-state index in [0.29, 0.717) is 6.61 Å². The van der Waals surface area contributed by atoms with Gasteiger partial charge in [-0.25, -0.2) is 0 Å². The van der Waals surface area contributed by atoms with Crippen LogP contribution in [0, 0.1) is 17.2 Å². The zero-order valence-corrected chi connectivity index (χ0v) is 10.4. The summed E-state index contributed by atoms with van der Waals surface area (Å²) in [5, 5.41) is 8.63. The lowest BCUT2D eigenvalue weighted by atomic mass is 9.87. The van der Waals surface area contributed by atoms with Gasteiger partial charge in [-0.1, -0.05) is 32.9 Å². The molecule has 0 saturated heterocycles. The van der Waals surface area contributed by atoms with Gasteiger partial charge >= 0.3 is 0 Å². The first-order valence-corrected chi connectivity index (χ1v) is 5.56. The molecular formula is C14H19NO. The lowest BCUT2D eigenvalue weighted by molar-refractivity contribution is 0.288. The largest absolute Gasteiger partial charge is 0.492 e. The molecule has 1 rings (SSSR count). The predicted octanol–water partition coefficient (Wildman–Crippen LogP) is 3.52. The van der Waals surface area contributed by atoms with Gasteiger partial charge in [0, 0.05) is 0 Å². The average molecular weight is 217 g/mol. The van der Waals surface area contributed by atoms with Crippen molar-refractivity contribution in [2.24, 2.45) is 5.92 Å². The molecule has 86 valence electrons. The Morgan fingerprint density at radius 2 is 1.81 bits per heavy atom. The fourth-order valence-corrected chi connectivity index (χ4v) is 1.31. The normalized spacial score (nSPS) is 12.9. The molecule has 0 aliphatic heterocycles. The number of benzene rings is 1. The lowest BCUT2D eigenvalue weighted by Gasteiger charge is -2.19. The summed E-state index contributed by atoms with van der Waals surface area (Å²) >= 11 is 0. The molecule has 16 heavy (non-hydrogen) atoms. The minimum absolute atomic E-state index is 0.0673. The second kappa shape index (κ2) is 5.03. The van der Waals surface area contributed by atoms with Gasteiger partial charge in [-0.3, -0.25) is 0 Å². The third-order valence-corrected chi connectivity index (χ3v) is 2.44. The van der Waals surface area contributed by atoms with E-state index in [9.17, 15) is 0 Å². The van der Waals surface area contributed by atoms with Crippen LogP contribution in [0.5, 0.6) is 5.75 Å². The molecule has 0 aliphatic carbocycles. The summed E-state index contributed by atoms with van der Waals surface area (Å²) in [5.74, 6) is 0.761. The highest BCUT2D eigenvalue weighted by Crippen LogP contribution is 2.24. The number of ether oxygens (including phenoxy) is 1. The van der Waals surface area contributed by atoms with Crippen LogP contribution in [-0.4, -0.2) is 6.61 Å². The van der Waals surface area contributed by atoms with E-state index in [1.54, 1.807) is 0 Å². The summed E-state index contributed by atoms with van der Waals surface area (Å²) < 4.78 is 5.50. The molecule has 0 spiro atoms. The zero-order chi connectivity index (χ0) is 12.2. The van der Waals surface area contributed by atoms with Gasteiger partial charge in [-0.2, -0.15) is 5.26 Å². The molecule has 1 aromatic carbocycles. The maximum Gasteiger partial charge on any atom is 0.119 e. The van der Waals surface area contributed by atoms with E-state index in [1.165, 1.54) is 5.56 Å². The summed E-state index contributed by atoms with van der Waals surface area (Å²) in [6, 6.07) is 10.2. The van der Waals surface area contributed by atoms with Crippen molar-refractivity contribution in [3.05, 3.63) is 29.8 Å². The van der Waals surface area contributed by atoms with Crippen molar-refractivity contribution in [1.29, 1.82) is 5.26 Å². The third-order valence-electron chi connectivity index (χ3n) is 2.44. The monoisotopic (exact) mass is 217 g/mol. The Morgan fingerprint density at radius 3 is 2.25 bits per heavy atom. The Hall–Kier alpha value is -1.49. The van der Waals surface area contributed by atoms with Crippen LogP contribution in [0.15, 0.2) is 24.3 Å². The number of hydrogen-bond donors (Lipinski definition) is 0. The van der Waals surface area contributed by atoms with Crippen molar-refractivity contribution in [3.8, 4) is 11.8 Å². The van der Waals surface area contributed by atoms with Crippen molar-refractivity contribution in [2.75, 3.05) is 6.61 Å². The summed E-state index contributed by atoms with van der Waals surface area (Å²) in [4.78, 5) is 0. The fraction of sp³-hybridized carbons (Fsp3) is 0.500. The summed E-state index contributed by atoms with van der Waals surface area (Å²) in [5.41, 5.74) is 1.45. The van der Waals surface area contributed by atoms with E-state index < -0.39 is 0 Å². The maximum atomic E-state index is 8.63. The van der Waals surface area contributed by atoms with Crippen LogP contribution in [0.4, 0.5) is 0 Å². The van der Waals surface area contributed by atoms with E-state index in [1.807, 2.05) is 19.1 Å². The van der Waals surface area contributed by atoms with E-state index in [0.717, 1.165) is 5.75 Å². The summed E-state index contributed by atoms with van der Waals surface area (Å²) in [7, 11) is 0. The number of rotatable bonds is 3. The molecule has 0 N–H and O–H groups in total. The van der Waals surface area contributed by atoms with Gasteiger partial charge in [-0.05, 0) is 30.0 Å². The van der Waals surface area contributed by atoms with Crippen molar-refractivity contribution in [3.63, 3.8) is 0 Å². The molecule has 0 bridgehead atoms. The van der Waals surface area contributed by atoms with E-state index in [2.05, 4.69) is 39.0 Å². The van der Waals surface area contributed by atoms with Crippen LogP contribution in [0.1, 0.15) is 33.3 Å². The Labute approximate surface area is 97.9 Å². The number of nitriles is 1.